The molecule has 0 amide bonds. The number of anilines is 2. The Balaban J connectivity index is 1.50. The predicted octanol–water partition coefficient (Wildman–Crippen LogP) is 3.66. The van der Waals surface area contributed by atoms with E-state index in [4.69, 9.17) is 9.84 Å². The number of nitrogens with one attached hydrogen (secondary N) is 1. The Hall–Kier alpha value is -3.18. The first-order valence-electron chi connectivity index (χ1n) is 11.4. The molecule has 0 bridgehead atoms. The summed E-state index contributed by atoms with van der Waals surface area (Å²) in [5, 5.41) is 31.6. The number of pyridine rings is 1. The molecule has 186 valence electrons. The number of alkyl halides is 2. The Morgan fingerprint density at radius 1 is 1.29 bits per heavy atom. The van der Waals surface area contributed by atoms with Crippen LogP contribution in [0.5, 0.6) is 5.88 Å². The number of hydrogen-bond donors (Lipinski definition) is 3. The molecule has 1 atom stereocenters. The van der Waals surface area contributed by atoms with Crippen molar-refractivity contribution in [1.29, 1.82) is 0 Å². The molecule has 0 saturated carbocycles. The van der Waals surface area contributed by atoms with Gasteiger partial charge in [0.25, 0.3) is 5.92 Å². The predicted molar refractivity (Wildman–Crippen MR) is 123 cm³/mol. The number of aliphatic hydroxyl groups excluding tert-OH is 1. The lowest BCUT2D eigenvalue weighted by Gasteiger charge is -2.37. The van der Waals surface area contributed by atoms with Crippen molar-refractivity contribution in [2.24, 2.45) is 5.41 Å². The molecule has 0 radical (unpaired) electrons. The van der Waals surface area contributed by atoms with Crippen LogP contribution in [-0.2, 0) is 10.7 Å². The van der Waals surface area contributed by atoms with Crippen molar-refractivity contribution in [3.8, 4) is 5.88 Å². The molecule has 3 aromatic rings. The van der Waals surface area contributed by atoms with Gasteiger partial charge in [-0.15, -0.1) is 5.10 Å². The van der Waals surface area contributed by atoms with E-state index in [2.05, 4.69) is 25.4 Å². The van der Waals surface area contributed by atoms with Gasteiger partial charge >= 0.3 is 0 Å². The van der Waals surface area contributed by atoms with E-state index in [1.165, 1.54) is 12.1 Å². The third-order valence-electron chi connectivity index (χ3n) is 6.92. The zero-order valence-electron chi connectivity index (χ0n) is 19.4. The summed E-state index contributed by atoms with van der Waals surface area (Å²) in [5.74, 6) is -4.63. The van der Waals surface area contributed by atoms with Crippen LogP contribution < -0.4 is 10.2 Å². The summed E-state index contributed by atoms with van der Waals surface area (Å²) in [6, 6.07) is 4.69. The zero-order chi connectivity index (χ0) is 25.0. The number of aryl methyl sites for hydroxylation is 1. The molecule has 2 aliphatic heterocycles. The first-order valence-corrected chi connectivity index (χ1v) is 11.4. The van der Waals surface area contributed by atoms with Crippen LogP contribution in [0.15, 0.2) is 24.3 Å². The van der Waals surface area contributed by atoms with E-state index in [0.717, 1.165) is 25.6 Å². The van der Waals surface area contributed by atoms with Crippen molar-refractivity contribution in [2.45, 2.75) is 32.2 Å². The maximum absolute atomic E-state index is 15.0. The highest BCUT2D eigenvalue weighted by atomic mass is 19.3. The Morgan fingerprint density at radius 3 is 2.71 bits per heavy atom. The summed E-state index contributed by atoms with van der Waals surface area (Å²) in [5.41, 5.74) is 0.703. The Morgan fingerprint density at radius 2 is 2.06 bits per heavy atom. The largest absolute Gasteiger partial charge is 0.492 e. The molecule has 35 heavy (non-hydrogen) atoms. The highest BCUT2D eigenvalue weighted by Gasteiger charge is 2.45. The van der Waals surface area contributed by atoms with Crippen LogP contribution in [0.3, 0.4) is 0 Å². The third kappa shape index (κ3) is 4.02. The average molecular weight is 489 g/mol. The van der Waals surface area contributed by atoms with Crippen molar-refractivity contribution in [2.75, 3.05) is 43.1 Å². The molecule has 2 saturated heterocycles. The van der Waals surface area contributed by atoms with E-state index in [0.29, 0.717) is 35.5 Å². The van der Waals surface area contributed by atoms with Gasteiger partial charge in [-0.25, -0.2) is 9.37 Å². The van der Waals surface area contributed by atoms with Gasteiger partial charge in [-0.1, -0.05) is 12.1 Å². The minimum atomic E-state index is -3.70. The molecule has 2 fully saturated rings. The summed E-state index contributed by atoms with van der Waals surface area (Å²) in [7, 11) is 0. The summed E-state index contributed by atoms with van der Waals surface area (Å²) in [4.78, 5) is 6.43. The number of nitrogens with zero attached hydrogens (tertiary/aromatic N) is 4. The summed E-state index contributed by atoms with van der Waals surface area (Å²) < 4.78 is 48.4. The molecular formula is C24H26F3N5O3. The van der Waals surface area contributed by atoms with E-state index in [-0.39, 0.29) is 22.7 Å². The van der Waals surface area contributed by atoms with Gasteiger partial charge in [-0.2, -0.15) is 13.9 Å². The summed E-state index contributed by atoms with van der Waals surface area (Å²) in [6.07, 6.45) is 0.953. The second-order valence-corrected chi connectivity index (χ2v) is 9.46. The van der Waals surface area contributed by atoms with Crippen LogP contribution in [0.1, 0.15) is 36.2 Å². The second kappa shape index (κ2) is 8.49. The lowest BCUT2D eigenvalue weighted by atomic mass is 9.85. The maximum atomic E-state index is 15.0. The number of rotatable bonds is 6. The van der Waals surface area contributed by atoms with E-state index in [1.54, 1.807) is 19.9 Å². The normalized spacial score (nSPS) is 18.2. The number of fused-ring (bicyclic) bond motifs is 1. The van der Waals surface area contributed by atoms with Crippen LogP contribution in [-0.4, -0.2) is 58.3 Å². The van der Waals surface area contributed by atoms with Gasteiger partial charge in [0.1, 0.15) is 23.6 Å². The quantitative estimate of drug-likeness (QED) is 0.482. The van der Waals surface area contributed by atoms with Crippen molar-refractivity contribution < 1.29 is 28.1 Å². The van der Waals surface area contributed by atoms with E-state index >= 15 is 0 Å². The van der Waals surface area contributed by atoms with E-state index < -0.39 is 30.0 Å². The lowest BCUT2D eigenvalue weighted by molar-refractivity contribution is -0.0985. The highest BCUT2D eigenvalue weighted by Crippen LogP contribution is 2.43. The maximum Gasteiger partial charge on any atom is 0.298 e. The fraction of sp³-hybridized carbons (Fsp3) is 0.458. The van der Waals surface area contributed by atoms with Gasteiger partial charge in [0, 0.05) is 29.5 Å². The molecule has 4 heterocycles. The Bertz CT molecular complexity index is 1280. The van der Waals surface area contributed by atoms with Crippen molar-refractivity contribution in [3.05, 3.63) is 46.9 Å². The number of aromatic hydroxyl groups is 1. The number of halogens is 3. The molecule has 1 aromatic carbocycles. The molecule has 1 spiro atoms. The number of aliphatic hydroxyl groups is 1. The van der Waals surface area contributed by atoms with Crippen LogP contribution in [0, 0.1) is 18.2 Å². The van der Waals surface area contributed by atoms with Gasteiger partial charge in [0.2, 0.25) is 5.88 Å². The highest BCUT2D eigenvalue weighted by molar-refractivity contribution is 5.93. The first kappa shape index (κ1) is 23.6. The Kier molecular flexibility index (Phi) is 5.71. The fourth-order valence-electron chi connectivity index (χ4n) is 4.82. The van der Waals surface area contributed by atoms with E-state index in [9.17, 15) is 18.3 Å². The molecule has 5 rings (SSSR count). The summed E-state index contributed by atoms with van der Waals surface area (Å²) in [6.45, 7) is 4.71. The SMILES string of the molecule is Cc1nnc(N[C@H](C)c2cccc(C(F)(F)CO)c2F)c2cc(N3CCC4(COC4)C3)c(O)nc12. The van der Waals surface area contributed by atoms with Gasteiger partial charge in [0.15, 0.2) is 5.82 Å². The molecule has 8 nitrogen and oxygen atoms in total. The van der Waals surface area contributed by atoms with Gasteiger partial charge in [-0.05, 0) is 32.4 Å². The number of hydrogen-bond acceptors (Lipinski definition) is 8. The molecule has 2 aliphatic rings. The molecule has 3 N–H and O–H groups in total. The first-order chi connectivity index (χ1) is 16.6. The van der Waals surface area contributed by atoms with Crippen molar-refractivity contribution in [1.82, 2.24) is 15.2 Å². The van der Waals surface area contributed by atoms with Gasteiger partial charge < -0.3 is 25.2 Å². The molecule has 0 aliphatic carbocycles. The standard InChI is InChI=1S/C24H26F3N5O3/c1-13(15-4-3-5-17(19(15)25)24(26,27)10-33)28-21-16-8-18(22(34)29-20(16)14(2)30-31-21)32-7-6-23(9-32)11-35-12-23/h3-5,8,13,33H,6-7,9-12H2,1-2H3,(H,28,31)(H,29,34)/t13-/m1/s1. The smallest absolute Gasteiger partial charge is 0.298 e. The minimum absolute atomic E-state index is 0.00965. The van der Waals surface area contributed by atoms with Gasteiger partial charge in [-0.3, -0.25) is 0 Å². The van der Waals surface area contributed by atoms with E-state index in [1.807, 2.05) is 0 Å². The molecule has 11 heteroatoms. The van der Waals surface area contributed by atoms with Crippen LogP contribution >= 0.6 is 0 Å². The van der Waals surface area contributed by atoms with Crippen molar-refractivity contribution in [3.63, 3.8) is 0 Å². The Labute approximate surface area is 199 Å². The van der Waals surface area contributed by atoms with Crippen LogP contribution in [0.2, 0.25) is 0 Å². The molecule has 2 aromatic heterocycles. The van der Waals surface area contributed by atoms with Crippen molar-refractivity contribution >= 4 is 22.4 Å². The number of ether oxygens (including phenoxy) is 1. The monoisotopic (exact) mass is 489 g/mol. The lowest BCUT2D eigenvalue weighted by Crippen LogP contribution is -2.44. The average Bonchev–Trinajstić information content (AvgIpc) is 3.27. The summed E-state index contributed by atoms with van der Waals surface area (Å²) >= 11 is 0. The fourth-order valence-corrected chi connectivity index (χ4v) is 4.82. The number of benzene rings is 1. The molecule has 0 unspecified atom stereocenters. The second-order valence-electron chi connectivity index (χ2n) is 9.46. The van der Waals surface area contributed by atoms with Gasteiger partial charge in [0.05, 0.1) is 30.5 Å². The minimum Gasteiger partial charge on any atom is -0.492 e. The number of aromatic nitrogens is 3. The third-order valence-corrected chi connectivity index (χ3v) is 6.92. The van der Waals surface area contributed by atoms with Crippen LogP contribution in [0.25, 0.3) is 10.9 Å². The molecular weight excluding hydrogens is 463 g/mol. The van der Waals surface area contributed by atoms with Crippen LogP contribution in [0.4, 0.5) is 24.7 Å². The zero-order valence-corrected chi connectivity index (χ0v) is 19.4. The topological polar surface area (TPSA) is 104 Å².